The molecule has 23 heavy (non-hydrogen) atoms. The molecular weight excluding hydrogens is 302 g/mol. The van der Waals surface area contributed by atoms with E-state index in [0.717, 1.165) is 6.07 Å². The van der Waals surface area contributed by atoms with E-state index in [9.17, 15) is 13.6 Å². The number of nitrogens with zero attached hydrogens (tertiary/aromatic N) is 2. The number of benzene rings is 1. The molecule has 0 saturated carbocycles. The van der Waals surface area contributed by atoms with Crippen molar-refractivity contribution in [2.75, 3.05) is 26.2 Å². The topological polar surface area (TPSA) is 36.7 Å². The maximum Gasteiger partial charge on any atom is 0.257 e. The Balaban J connectivity index is 1.63. The third kappa shape index (κ3) is 3.27. The van der Waals surface area contributed by atoms with Gasteiger partial charge in [-0.1, -0.05) is 6.07 Å². The van der Waals surface area contributed by atoms with Crippen molar-refractivity contribution < 1.29 is 18.0 Å². The van der Waals surface area contributed by atoms with E-state index < -0.39 is 11.6 Å². The van der Waals surface area contributed by atoms with Gasteiger partial charge in [-0.3, -0.25) is 9.69 Å². The van der Waals surface area contributed by atoms with Crippen LogP contribution >= 0.6 is 0 Å². The van der Waals surface area contributed by atoms with E-state index in [1.165, 1.54) is 24.7 Å². The van der Waals surface area contributed by atoms with Crippen LogP contribution in [0.1, 0.15) is 28.9 Å². The summed E-state index contributed by atoms with van der Waals surface area (Å²) in [4.78, 5) is 16.1. The number of halogens is 2. The second-order valence-corrected chi connectivity index (χ2v) is 5.68. The van der Waals surface area contributed by atoms with Gasteiger partial charge in [0.1, 0.15) is 17.9 Å². The SMILES string of the molecule is C[C@H](c1ccc(F)cc1F)N1CCN(C(=O)c2ccoc2)CC1. The predicted octanol–water partition coefficient (Wildman–Crippen LogP) is 3.08. The minimum Gasteiger partial charge on any atom is -0.472 e. The normalized spacial score (nSPS) is 17.3. The molecule has 1 fully saturated rings. The number of hydrogen-bond acceptors (Lipinski definition) is 3. The highest BCUT2D eigenvalue weighted by atomic mass is 19.1. The van der Waals surface area contributed by atoms with Gasteiger partial charge in [-0.2, -0.15) is 0 Å². The van der Waals surface area contributed by atoms with Crippen LogP contribution in [0.2, 0.25) is 0 Å². The number of furan rings is 1. The van der Waals surface area contributed by atoms with E-state index in [4.69, 9.17) is 4.42 Å². The van der Waals surface area contributed by atoms with Gasteiger partial charge >= 0.3 is 0 Å². The van der Waals surface area contributed by atoms with Gasteiger partial charge in [0.05, 0.1) is 11.8 Å². The summed E-state index contributed by atoms with van der Waals surface area (Å²) < 4.78 is 31.9. The zero-order valence-electron chi connectivity index (χ0n) is 12.8. The molecule has 0 aliphatic carbocycles. The molecule has 1 aromatic heterocycles. The van der Waals surface area contributed by atoms with Gasteiger partial charge in [0.25, 0.3) is 5.91 Å². The van der Waals surface area contributed by atoms with Crippen molar-refractivity contribution in [1.29, 1.82) is 0 Å². The van der Waals surface area contributed by atoms with Crippen LogP contribution in [0.15, 0.2) is 41.2 Å². The van der Waals surface area contributed by atoms with Crippen LogP contribution in [0.3, 0.4) is 0 Å². The van der Waals surface area contributed by atoms with Crippen molar-refractivity contribution in [3.63, 3.8) is 0 Å². The first-order valence-corrected chi connectivity index (χ1v) is 7.56. The number of carbonyl (C=O) groups excluding carboxylic acids is 1. The Bertz CT molecular complexity index is 680. The average molecular weight is 320 g/mol. The molecule has 6 heteroatoms. The molecule has 3 rings (SSSR count). The standard InChI is InChI=1S/C17H18F2N2O2/c1-12(15-3-2-14(18)10-16(15)19)20-5-7-21(8-6-20)17(22)13-4-9-23-11-13/h2-4,9-12H,5-8H2,1H3/t12-/m1/s1. The highest BCUT2D eigenvalue weighted by Crippen LogP contribution is 2.25. The fraction of sp³-hybridized carbons (Fsp3) is 0.353. The summed E-state index contributed by atoms with van der Waals surface area (Å²) in [5.74, 6) is -1.16. The van der Waals surface area contributed by atoms with Crippen LogP contribution in [-0.4, -0.2) is 41.9 Å². The fourth-order valence-corrected chi connectivity index (χ4v) is 2.92. The molecule has 122 valence electrons. The third-order valence-electron chi connectivity index (χ3n) is 4.33. The molecule has 0 bridgehead atoms. The lowest BCUT2D eigenvalue weighted by Gasteiger charge is -2.38. The number of rotatable bonds is 3. The maximum atomic E-state index is 13.9. The van der Waals surface area contributed by atoms with E-state index in [1.54, 1.807) is 11.0 Å². The Morgan fingerprint density at radius 3 is 2.52 bits per heavy atom. The lowest BCUT2D eigenvalue weighted by atomic mass is 10.1. The Hall–Kier alpha value is -2.21. The van der Waals surface area contributed by atoms with E-state index in [0.29, 0.717) is 37.3 Å². The van der Waals surface area contributed by atoms with Gasteiger partial charge in [-0.15, -0.1) is 0 Å². The second-order valence-electron chi connectivity index (χ2n) is 5.68. The number of amides is 1. The lowest BCUT2D eigenvalue weighted by molar-refractivity contribution is 0.0578. The highest BCUT2D eigenvalue weighted by Gasteiger charge is 2.26. The van der Waals surface area contributed by atoms with Gasteiger partial charge < -0.3 is 9.32 Å². The summed E-state index contributed by atoms with van der Waals surface area (Å²) in [6.07, 6.45) is 2.91. The monoisotopic (exact) mass is 320 g/mol. The highest BCUT2D eigenvalue weighted by molar-refractivity contribution is 5.93. The maximum absolute atomic E-state index is 13.9. The Labute approximate surface area is 133 Å². The molecule has 1 aromatic carbocycles. The van der Waals surface area contributed by atoms with Crippen molar-refractivity contribution in [2.45, 2.75) is 13.0 Å². The summed E-state index contributed by atoms with van der Waals surface area (Å²) in [5, 5.41) is 0. The smallest absolute Gasteiger partial charge is 0.257 e. The van der Waals surface area contributed by atoms with Gasteiger partial charge in [0, 0.05) is 43.9 Å². The second kappa shape index (κ2) is 6.50. The lowest BCUT2D eigenvalue weighted by Crippen LogP contribution is -2.49. The van der Waals surface area contributed by atoms with Crippen molar-refractivity contribution in [1.82, 2.24) is 9.80 Å². The van der Waals surface area contributed by atoms with Gasteiger partial charge in [0.15, 0.2) is 0 Å². The average Bonchev–Trinajstić information content (AvgIpc) is 3.08. The molecule has 4 nitrogen and oxygen atoms in total. The molecule has 0 N–H and O–H groups in total. The minimum absolute atomic E-state index is 0.0565. The van der Waals surface area contributed by atoms with Gasteiger partial charge in [-0.05, 0) is 19.1 Å². The van der Waals surface area contributed by atoms with Crippen molar-refractivity contribution >= 4 is 5.91 Å². The van der Waals surface area contributed by atoms with Crippen LogP contribution in [0.5, 0.6) is 0 Å². The fourth-order valence-electron chi connectivity index (χ4n) is 2.92. The Morgan fingerprint density at radius 1 is 1.17 bits per heavy atom. The van der Waals surface area contributed by atoms with E-state index in [1.807, 2.05) is 6.92 Å². The largest absolute Gasteiger partial charge is 0.472 e. The Kier molecular flexibility index (Phi) is 4.43. The molecule has 0 spiro atoms. The molecule has 2 heterocycles. The Morgan fingerprint density at radius 2 is 1.91 bits per heavy atom. The first-order valence-electron chi connectivity index (χ1n) is 7.56. The molecule has 0 radical (unpaired) electrons. The number of hydrogen-bond donors (Lipinski definition) is 0. The van der Waals surface area contributed by atoms with Gasteiger partial charge in [-0.25, -0.2) is 8.78 Å². The summed E-state index contributed by atoms with van der Waals surface area (Å²) >= 11 is 0. The molecule has 1 atom stereocenters. The first-order chi connectivity index (χ1) is 11.1. The van der Waals surface area contributed by atoms with Crippen LogP contribution < -0.4 is 0 Å². The van der Waals surface area contributed by atoms with Crippen molar-refractivity contribution in [3.8, 4) is 0 Å². The zero-order valence-corrected chi connectivity index (χ0v) is 12.8. The van der Waals surface area contributed by atoms with E-state index in [2.05, 4.69) is 4.90 Å². The molecule has 1 aliphatic rings. The molecule has 1 saturated heterocycles. The molecule has 2 aromatic rings. The molecule has 1 aliphatic heterocycles. The van der Waals surface area contributed by atoms with Crippen LogP contribution in [0.4, 0.5) is 8.78 Å². The number of carbonyl (C=O) groups is 1. The van der Waals surface area contributed by atoms with Crippen LogP contribution in [0.25, 0.3) is 0 Å². The van der Waals surface area contributed by atoms with Crippen LogP contribution in [-0.2, 0) is 0 Å². The summed E-state index contributed by atoms with van der Waals surface area (Å²) in [6, 6.07) is 5.14. The number of piperazine rings is 1. The quantitative estimate of drug-likeness (QED) is 0.872. The predicted molar refractivity (Wildman–Crippen MR) is 81.0 cm³/mol. The molecule has 1 amide bonds. The summed E-state index contributed by atoms with van der Waals surface area (Å²) in [6.45, 7) is 4.31. The molecular formula is C17H18F2N2O2. The van der Waals surface area contributed by atoms with Crippen LogP contribution in [0, 0.1) is 11.6 Å². The zero-order chi connectivity index (χ0) is 16.4. The van der Waals surface area contributed by atoms with E-state index >= 15 is 0 Å². The van der Waals surface area contributed by atoms with Crippen molar-refractivity contribution in [3.05, 3.63) is 59.6 Å². The first kappa shape index (κ1) is 15.7. The van der Waals surface area contributed by atoms with E-state index in [-0.39, 0.29) is 11.9 Å². The third-order valence-corrected chi connectivity index (χ3v) is 4.33. The van der Waals surface area contributed by atoms with Crippen molar-refractivity contribution in [2.24, 2.45) is 0 Å². The molecule has 0 unspecified atom stereocenters. The summed E-state index contributed by atoms with van der Waals surface area (Å²) in [7, 11) is 0. The van der Waals surface area contributed by atoms with Gasteiger partial charge in [0.2, 0.25) is 0 Å². The minimum atomic E-state index is -0.575. The summed E-state index contributed by atoms with van der Waals surface area (Å²) in [5.41, 5.74) is 1.01.